The van der Waals surface area contributed by atoms with E-state index in [9.17, 15) is 0 Å². The molecule has 1 N–H and O–H groups in total. The molecular weight excluding hydrogens is 250 g/mol. The zero-order chi connectivity index (χ0) is 13.1. The number of hydrogen-bond acceptors (Lipinski definition) is 2. The fourth-order valence-corrected chi connectivity index (χ4v) is 3.89. The van der Waals surface area contributed by atoms with Crippen molar-refractivity contribution in [3.05, 3.63) is 58.3 Å². The highest BCUT2D eigenvalue weighted by Crippen LogP contribution is 2.51. The van der Waals surface area contributed by atoms with E-state index in [1.807, 2.05) is 0 Å². The molecule has 0 aliphatic heterocycles. The first-order valence-corrected chi connectivity index (χ1v) is 8.03. The summed E-state index contributed by atoms with van der Waals surface area (Å²) < 4.78 is 0. The molecule has 1 aliphatic carbocycles. The van der Waals surface area contributed by atoms with Crippen molar-refractivity contribution >= 4 is 11.3 Å². The van der Waals surface area contributed by atoms with Crippen LogP contribution in [-0.2, 0) is 11.8 Å². The molecule has 100 valence electrons. The Balaban J connectivity index is 1.72. The molecule has 2 heteroatoms. The Morgan fingerprint density at radius 3 is 2.58 bits per heavy atom. The SMILES string of the molecule is CNC(CCc1ccsc1)C1(c2ccccc2)CC1. The third-order valence-corrected chi connectivity index (χ3v) is 5.19. The van der Waals surface area contributed by atoms with Crippen molar-refractivity contribution in [1.29, 1.82) is 0 Å². The summed E-state index contributed by atoms with van der Waals surface area (Å²) in [5.74, 6) is 0. The average Bonchev–Trinajstić information content (AvgIpc) is 3.10. The number of benzene rings is 1. The van der Waals surface area contributed by atoms with Crippen LogP contribution in [0.4, 0.5) is 0 Å². The van der Waals surface area contributed by atoms with E-state index in [4.69, 9.17) is 0 Å². The van der Waals surface area contributed by atoms with Gasteiger partial charge in [0.05, 0.1) is 0 Å². The van der Waals surface area contributed by atoms with Gasteiger partial charge >= 0.3 is 0 Å². The second-order valence-electron chi connectivity index (χ2n) is 5.53. The number of nitrogens with one attached hydrogen (secondary N) is 1. The van der Waals surface area contributed by atoms with Gasteiger partial charge in [0.15, 0.2) is 0 Å². The lowest BCUT2D eigenvalue weighted by Gasteiger charge is -2.27. The van der Waals surface area contributed by atoms with Crippen LogP contribution in [0.5, 0.6) is 0 Å². The number of hydrogen-bond donors (Lipinski definition) is 1. The molecule has 2 aromatic rings. The van der Waals surface area contributed by atoms with Crippen molar-refractivity contribution in [3.63, 3.8) is 0 Å². The van der Waals surface area contributed by atoms with E-state index in [2.05, 4.69) is 59.5 Å². The van der Waals surface area contributed by atoms with E-state index in [1.165, 1.54) is 36.8 Å². The van der Waals surface area contributed by atoms with Crippen LogP contribution >= 0.6 is 11.3 Å². The minimum Gasteiger partial charge on any atom is -0.316 e. The van der Waals surface area contributed by atoms with Gasteiger partial charge in [0.25, 0.3) is 0 Å². The average molecular weight is 271 g/mol. The minimum atomic E-state index is 0.395. The van der Waals surface area contributed by atoms with Gasteiger partial charge in [-0.25, -0.2) is 0 Å². The molecule has 1 aromatic carbocycles. The summed E-state index contributed by atoms with van der Waals surface area (Å²) in [7, 11) is 2.11. The molecule has 0 spiro atoms. The second kappa shape index (κ2) is 5.48. The highest BCUT2D eigenvalue weighted by atomic mass is 32.1. The molecule has 1 unspecified atom stereocenters. The van der Waals surface area contributed by atoms with Crippen LogP contribution in [0.3, 0.4) is 0 Å². The van der Waals surface area contributed by atoms with E-state index in [-0.39, 0.29) is 0 Å². The highest BCUT2D eigenvalue weighted by Gasteiger charge is 2.49. The fraction of sp³-hybridized carbons (Fsp3) is 0.412. The van der Waals surface area contributed by atoms with Crippen LogP contribution in [0.1, 0.15) is 30.4 Å². The van der Waals surface area contributed by atoms with Gasteiger partial charge in [0.2, 0.25) is 0 Å². The molecule has 0 saturated heterocycles. The summed E-state index contributed by atoms with van der Waals surface area (Å²) in [5, 5.41) is 8.02. The Hall–Kier alpha value is -1.12. The van der Waals surface area contributed by atoms with Crippen LogP contribution in [-0.4, -0.2) is 13.1 Å². The van der Waals surface area contributed by atoms with Crippen LogP contribution in [0.25, 0.3) is 0 Å². The summed E-state index contributed by atoms with van der Waals surface area (Å²) in [6, 6.07) is 13.9. The van der Waals surface area contributed by atoms with Gasteiger partial charge in [0.1, 0.15) is 0 Å². The monoisotopic (exact) mass is 271 g/mol. The van der Waals surface area contributed by atoms with Crippen LogP contribution in [0, 0.1) is 0 Å². The van der Waals surface area contributed by atoms with Gasteiger partial charge < -0.3 is 5.32 Å². The maximum absolute atomic E-state index is 3.57. The smallest absolute Gasteiger partial charge is 0.0164 e. The molecule has 1 heterocycles. The van der Waals surface area contributed by atoms with Crippen LogP contribution in [0.15, 0.2) is 47.2 Å². The van der Waals surface area contributed by atoms with Crippen molar-refractivity contribution < 1.29 is 0 Å². The summed E-state index contributed by atoms with van der Waals surface area (Å²) >= 11 is 1.80. The third-order valence-electron chi connectivity index (χ3n) is 4.45. The van der Waals surface area contributed by atoms with Gasteiger partial charge in [-0.1, -0.05) is 30.3 Å². The lowest BCUT2D eigenvalue weighted by Crippen LogP contribution is -2.38. The van der Waals surface area contributed by atoms with Crippen molar-refractivity contribution in [2.45, 2.75) is 37.1 Å². The van der Waals surface area contributed by atoms with Crippen molar-refractivity contribution in [2.24, 2.45) is 0 Å². The number of aryl methyl sites for hydroxylation is 1. The molecular formula is C17H21NS. The first-order chi connectivity index (χ1) is 9.35. The lowest BCUT2D eigenvalue weighted by molar-refractivity contribution is 0.419. The molecule has 1 atom stereocenters. The maximum Gasteiger partial charge on any atom is 0.0164 e. The molecule has 1 fully saturated rings. The largest absolute Gasteiger partial charge is 0.316 e. The van der Waals surface area contributed by atoms with E-state index in [0.717, 1.165) is 0 Å². The molecule has 19 heavy (non-hydrogen) atoms. The van der Waals surface area contributed by atoms with Crippen LogP contribution in [0.2, 0.25) is 0 Å². The predicted molar refractivity (Wildman–Crippen MR) is 82.8 cm³/mol. The summed E-state index contributed by atoms with van der Waals surface area (Å²) in [6.45, 7) is 0. The van der Waals surface area contributed by atoms with Crippen molar-refractivity contribution in [2.75, 3.05) is 7.05 Å². The normalized spacial score (nSPS) is 18.2. The Labute approximate surface area is 119 Å². The maximum atomic E-state index is 3.57. The topological polar surface area (TPSA) is 12.0 Å². The third kappa shape index (κ3) is 2.60. The number of rotatable bonds is 6. The molecule has 3 rings (SSSR count). The first kappa shape index (κ1) is 12.9. The molecule has 1 aliphatic rings. The number of likely N-dealkylation sites (N-methyl/N-ethyl adjacent to an activating group) is 1. The van der Waals surface area contributed by atoms with Gasteiger partial charge in [-0.2, -0.15) is 11.3 Å². The van der Waals surface area contributed by atoms with E-state index in [0.29, 0.717) is 11.5 Å². The quantitative estimate of drug-likeness (QED) is 0.837. The first-order valence-electron chi connectivity index (χ1n) is 7.09. The zero-order valence-corrected chi connectivity index (χ0v) is 12.2. The summed E-state index contributed by atoms with van der Waals surface area (Å²) in [5.41, 5.74) is 3.39. The van der Waals surface area contributed by atoms with E-state index >= 15 is 0 Å². The summed E-state index contributed by atoms with van der Waals surface area (Å²) in [6.07, 6.45) is 5.06. The Morgan fingerprint density at radius 2 is 2.00 bits per heavy atom. The molecule has 0 radical (unpaired) electrons. The van der Waals surface area contributed by atoms with Gasteiger partial charge in [-0.15, -0.1) is 0 Å². The molecule has 1 nitrogen and oxygen atoms in total. The Bertz CT molecular complexity index is 499. The van der Waals surface area contributed by atoms with Crippen molar-refractivity contribution in [1.82, 2.24) is 5.32 Å². The second-order valence-corrected chi connectivity index (χ2v) is 6.31. The van der Waals surface area contributed by atoms with Crippen molar-refractivity contribution in [3.8, 4) is 0 Å². The molecule has 1 saturated carbocycles. The Kier molecular flexibility index (Phi) is 3.72. The van der Waals surface area contributed by atoms with Gasteiger partial charge in [-0.05, 0) is 60.7 Å². The predicted octanol–water partition coefficient (Wildman–Crippen LogP) is 4.00. The van der Waals surface area contributed by atoms with Gasteiger partial charge in [-0.3, -0.25) is 0 Å². The van der Waals surface area contributed by atoms with Gasteiger partial charge in [0, 0.05) is 11.5 Å². The van der Waals surface area contributed by atoms with Crippen LogP contribution < -0.4 is 5.32 Å². The van der Waals surface area contributed by atoms with E-state index in [1.54, 1.807) is 11.3 Å². The fourth-order valence-electron chi connectivity index (χ4n) is 3.19. The minimum absolute atomic E-state index is 0.395. The lowest BCUT2D eigenvalue weighted by atomic mass is 9.85. The Morgan fingerprint density at radius 1 is 1.21 bits per heavy atom. The molecule has 1 aromatic heterocycles. The zero-order valence-electron chi connectivity index (χ0n) is 11.4. The summed E-state index contributed by atoms with van der Waals surface area (Å²) in [4.78, 5) is 0. The van der Waals surface area contributed by atoms with E-state index < -0.39 is 0 Å². The molecule has 0 bridgehead atoms. The number of thiophene rings is 1. The molecule has 0 amide bonds. The standard InChI is InChI=1S/C17H21NS/c1-18-16(8-7-14-9-12-19-13-14)17(10-11-17)15-5-3-2-4-6-15/h2-6,9,12-13,16,18H,7-8,10-11H2,1H3. The highest BCUT2D eigenvalue weighted by molar-refractivity contribution is 7.07.